The van der Waals surface area contributed by atoms with E-state index in [2.05, 4.69) is 5.32 Å². The van der Waals surface area contributed by atoms with Crippen molar-refractivity contribution in [1.82, 2.24) is 10.2 Å². The summed E-state index contributed by atoms with van der Waals surface area (Å²) in [5.74, 6) is -0.647. The zero-order valence-electron chi connectivity index (χ0n) is 22.1. The first-order chi connectivity index (χ1) is 18.2. The summed E-state index contributed by atoms with van der Waals surface area (Å²) < 4.78 is 52.0. The predicted octanol–water partition coefficient (Wildman–Crippen LogP) is 3.48. The van der Waals surface area contributed by atoms with Crippen molar-refractivity contribution in [2.24, 2.45) is 0 Å². The molecule has 1 aliphatic rings. The van der Waals surface area contributed by atoms with Gasteiger partial charge in [-0.3, -0.25) is 13.9 Å². The second kappa shape index (κ2) is 13.5. The minimum Gasteiger partial charge on any atom is -0.486 e. The number of hydrogen-bond acceptors (Lipinski definition) is 6. The largest absolute Gasteiger partial charge is 0.486 e. The summed E-state index contributed by atoms with van der Waals surface area (Å²) in [6, 6.07) is 9.51. The highest BCUT2D eigenvalue weighted by molar-refractivity contribution is 7.92. The van der Waals surface area contributed by atoms with Crippen LogP contribution in [-0.2, 0) is 26.2 Å². The van der Waals surface area contributed by atoms with Gasteiger partial charge in [0.2, 0.25) is 21.8 Å². The molecule has 0 bridgehead atoms. The SMILES string of the molecule is CCCCNC(=O)[C@@H](CC)N(Cc1ccc(F)cc1)C(=O)CN(c1ccc2c(c1)OCCO2)S(=O)(=O)CC. The number of ether oxygens (including phenoxy) is 2. The van der Waals surface area contributed by atoms with Crippen LogP contribution in [0.2, 0.25) is 0 Å². The van der Waals surface area contributed by atoms with E-state index in [9.17, 15) is 22.4 Å². The first kappa shape index (κ1) is 29.2. The lowest BCUT2D eigenvalue weighted by Gasteiger charge is -2.33. The molecule has 208 valence electrons. The lowest BCUT2D eigenvalue weighted by atomic mass is 10.1. The Balaban J connectivity index is 1.95. The van der Waals surface area contributed by atoms with Crippen LogP contribution in [0.4, 0.5) is 10.1 Å². The summed E-state index contributed by atoms with van der Waals surface area (Å²) >= 11 is 0. The Hall–Kier alpha value is -3.34. The first-order valence-electron chi connectivity index (χ1n) is 12.9. The van der Waals surface area contributed by atoms with E-state index in [0.717, 1.165) is 17.1 Å². The smallest absolute Gasteiger partial charge is 0.244 e. The van der Waals surface area contributed by atoms with Gasteiger partial charge in [0, 0.05) is 19.2 Å². The van der Waals surface area contributed by atoms with Crippen molar-refractivity contribution in [2.75, 3.05) is 36.4 Å². The maximum absolute atomic E-state index is 13.8. The fourth-order valence-electron chi connectivity index (χ4n) is 4.12. The minimum absolute atomic E-state index is 0.0139. The van der Waals surface area contributed by atoms with Crippen LogP contribution < -0.4 is 19.1 Å². The van der Waals surface area contributed by atoms with E-state index in [0.29, 0.717) is 43.2 Å². The van der Waals surface area contributed by atoms with E-state index in [4.69, 9.17) is 9.47 Å². The molecule has 1 N–H and O–H groups in total. The Morgan fingerprint density at radius 2 is 1.71 bits per heavy atom. The van der Waals surface area contributed by atoms with Crippen LogP contribution in [-0.4, -0.2) is 63.2 Å². The molecule has 2 aromatic carbocycles. The summed E-state index contributed by atoms with van der Waals surface area (Å²) in [4.78, 5) is 28.2. The fraction of sp³-hybridized carbons (Fsp3) is 0.481. The van der Waals surface area contributed by atoms with Crippen molar-refractivity contribution in [3.8, 4) is 11.5 Å². The molecule has 2 aromatic rings. The second-order valence-electron chi connectivity index (χ2n) is 8.95. The zero-order chi connectivity index (χ0) is 27.7. The lowest BCUT2D eigenvalue weighted by Crippen LogP contribution is -2.52. The van der Waals surface area contributed by atoms with Crippen LogP contribution in [0.5, 0.6) is 11.5 Å². The number of nitrogens with zero attached hydrogens (tertiary/aromatic N) is 2. The molecule has 0 aliphatic carbocycles. The average Bonchev–Trinajstić information content (AvgIpc) is 2.92. The molecule has 11 heteroatoms. The van der Waals surface area contributed by atoms with E-state index >= 15 is 0 Å². The highest BCUT2D eigenvalue weighted by atomic mass is 32.2. The number of rotatable bonds is 13. The Bertz CT molecular complexity index is 1210. The van der Waals surface area contributed by atoms with Gasteiger partial charge in [-0.25, -0.2) is 12.8 Å². The lowest BCUT2D eigenvalue weighted by molar-refractivity contribution is -0.140. The van der Waals surface area contributed by atoms with Crippen LogP contribution in [0.15, 0.2) is 42.5 Å². The molecule has 3 rings (SSSR count). The number of benzene rings is 2. The van der Waals surface area contributed by atoms with E-state index in [1.807, 2.05) is 6.92 Å². The molecule has 0 radical (unpaired) electrons. The number of sulfonamides is 1. The number of halogens is 1. The Kier molecular flexibility index (Phi) is 10.3. The van der Waals surface area contributed by atoms with Crippen LogP contribution in [0.25, 0.3) is 0 Å². The van der Waals surface area contributed by atoms with Crippen LogP contribution in [0.1, 0.15) is 45.6 Å². The Morgan fingerprint density at radius 3 is 2.34 bits per heavy atom. The average molecular weight is 550 g/mol. The third-order valence-electron chi connectivity index (χ3n) is 6.27. The van der Waals surface area contributed by atoms with Gasteiger partial charge in [-0.15, -0.1) is 0 Å². The highest BCUT2D eigenvalue weighted by Crippen LogP contribution is 2.35. The maximum atomic E-state index is 13.8. The molecule has 0 saturated carbocycles. The van der Waals surface area contributed by atoms with Gasteiger partial charge in [-0.1, -0.05) is 32.4 Å². The van der Waals surface area contributed by atoms with Crippen molar-refractivity contribution in [2.45, 2.75) is 52.6 Å². The highest BCUT2D eigenvalue weighted by Gasteiger charge is 2.32. The Morgan fingerprint density at radius 1 is 1.03 bits per heavy atom. The second-order valence-corrected chi connectivity index (χ2v) is 11.1. The third-order valence-corrected chi connectivity index (χ3v) is 8.02. The molecule has 1 heterocycles. The van der Waals surface area contributed by atoms with Crippen molar-refractivity contribution in [1.29, 1.82) is 0 Å². The number of nitrogens with one attached hydrogen (secondary N) is 1. The van der Waals surface area contributed by atoms with Crippen molar-refractivity contribution < 1.29 is 31.9 Å². The number of unbranched alkanes of at least 4 members (excludes halogenated alkanes) is 1. The molecule has 0 fully saturated rings. The third kappa shape index (κ3) is 7.37. The molecule has 38 heavy (non-hydrogen) atoms. The zero-order valence-corrected chi connectivity index (χ0v) is 22.9. The number of hydrogen-bond donors (Lipinski definition) is 1. The maximum Gasteiger partial charge on any atom is 0.244 e. The first-order valence-corrected chi connectivity index (χ1v) is 14.5. The summed E-state index contributed by atoms with van der Waals surface area (Å²) in [6.07, 6.45) is 2.00. The molecule has 0 saturated heterocycles. The predicted molar refractivity (Wildman–Crippen MR) is 143 cm³/mol. The summed E-state index contributed by atoms with van der Waals surface area (Å²) in [7, 11) is -3.88. The molecule has 0 spiro atoms. The minimum atomic E-state index is -3.88. The van der Waals surface area contributed by atoms with Gasteiger partial charge in [0.15, 0.2) is 11.5 Å². The van der Waals surface area contributed by atoms with E-state index < -0.39 is 34.3 Å². The van der Waals surface area contributed by atoms with Crippen LogP contribution in [0.3, 0.4) is 0 Å². The van der Waals surface area contributed by atoms with E-state index in [1.165, 1.54) is 30.0 Å². The molecule has 9 nitrogen and oxygen atoms in total. The van der Waals surface area contributed by atoms with Gasteiger partial charge >= 0.3 is 0 Å². The number of fused-ring (bicyclic) bond motifs is 1. The molecule has 0 aromatic heterocycles. The fourth-order valence-corrected chi connectivity index (χ4v) is 5.17. The van der Waals surface area contributed by atoms with Gasteiger partial charge < -0.3 is 19.7 Å². The van der Waals surface area contributed by atoms with Crippen molar-refractivity contribution in [3.05, 3.63) is 53.8 Å². The Labute approximate surface area is 224 Å². The van der Waals surface area contributed by atoms with Gasteiger partial charge in [-0.2, -0.15) is 0 Å². The van der Waals surface area contributed by atoms with Gasteiger partial charge in [-0.05, 0) is 49.6 Å². The molecule has 1 aliphatic heterocycles. The normalized spacial score (nSPS) is 13.5. The topological polar surface area (TPSA) is 105 Å². The summed E-state index contributed by atoms with van der Waals surface area (Å²) in [5.41, 5.74) is 0.871. The monoisotopic (exact) mass is 549 g/mol. The van der Waals surface area contributed by atoms with Crippen molar-refractivity contribution in [3.63, 3.8) is 0 Å². The molecule has 0 unspecified atom stereocenters. The number of anilines is 1. The van der Waals surface area contributed by atoms with Gasteiger partial charge in [0.25, 0.3) is 0 Å². The van der Waals surface area contributed by atoms with Gasteiger partial charge in [0.05, 0.1) is 11.4 Å². The van der Waals surface area contributed by atoms with Crippen LogP contribution in [0, 0.1) is 5.82 Å². The molecule has 1 atom stereocenters. The molecular weight excluding hydrogens is 513 g/mol. The van der Waals surface area contributed by atoms with E-state index in [1.54, 1.807) is 31.2 Å². The number of carbonyl (C=O) groups excluding carboxylic acids is 2. The summed E-state index contributed by atoms with van der Waals surface area (Å²) in [6.45, 7) is 5.97. The quantitative estimate of drug-likeness (QED) is 0.384. The van der Waals surface area contributed by atoms with Crippen LogP contribution >= 0.6 is 0 Å². The number of amides is 2. The van der Waals surface area contributed by atoms with E-state index in [-0.39, 0.29) is 23.9 Å². The van der Waals surface area contributed by atoms with Crippen molar-refractivity contribution >= 4 is 27.5 Å². The van der Waals surface area contributed by atoms with Gasteiger partial charge in [0.1, 0.15) is 31.6 Å². The number of carbonyl (C=O) groups is 2. The molecular formula is C27H36FN3O6S. The summed E-state index contributed by atoms with van der Waals surface area (Å²) in [5, 5.41) is 2.87. The molecule has 2 amide bonds. The standard InChI is InChI=1S/C27H36FN3O6S/c1-4-7-14-29-27(33)23(5-2)30(18-20-8-10-21(28)11-9-20)26(32)19-31(38(34,35)6-3)22-12-13-24-25(17-22)37-16-15-36-24/h8-13,17,23H,4-7,14-16,18-19H2,1-3H3,(H,29,33)/t23-/m1/s1.